The second kappa shape index (κ2) is 7.09. The van der Waals surface area contributed by atoms with Crippen LogP contribution in [-0.4, -0.2) is 11.7 Å². The van der Waals surface area contributed by atoms with Gasteiger partial charge >= 0.3 is 0 Å². The van der Waals surface area contributed by atoms with Crippen molar-refractivity contribution in [3.63, 3.8) is 0 Å². The number of rotatable bonds is 6. The molecule has 102 valence electrons. The van der Waals surface area contributed by atoms with Crippen LogP contribution in [0.1, 0.15) is 22.2 Å². The lowest BCUT2D eigenvalue weighted by molar-refractivity contribution is 0.225. The predicted octanol–water partition coefficient (Wildman–Crippen LogP) is 4.36. The van der Waals surface area contributed by atoms with Gasteiger partial charge in [-0.05, 0) is 55.0 Å². The Hall–Kier alpha value is -0.830. The van der Waals surface area contributed by atoms with Gasteiger partial charge in [0, 0.05) is 21.4 Å². The number of benzene rings is 1. The molecular formula is C16H19ClOS. The minimum atomic E-state index is 0.224. The first-order valence-electron chi connectivity index (χ1n) is 6.64. The summed E-state index contributed by atoms with van der Waals surface area (Å²) in [6.07, 6.45) is 2.93. The molecule has 1 atom stereocenters. The summed E-state index contributed by atoms with van der Waals surface area (Å²) in [4.78, 5) is 2.78. The van der Waals surface area contributed by atoms with Crippen molar-refractivity contribution in [2.45, 2.75) is 26.2 Å². The van der Waals surface area contributed by atoms with Crippen LogP contribution in [0.4, 0.5) is 0 Å². The van der Waals surface area contributed by atoms with E-state index >= 15 is 0 Å². The summed E-state index contributed by atoms with van der Waals surface area (Å²) in [6, 6.07) is 12.3. The van der Waals surface area contributed by atoms with Crippen molar-refractivity contribution in [3.05, 3.63) is 56.7 Å². The number of aliphatic hydroxyl groups excluding tert-OH is 1. The van der Waals surface area contributed by atoms with Crippen molar-refractivity contribution in [2.24, 2.45) is 5.92 Å². The van der Waals surface area contributed by atoms with Crippen LogP contribution in [0.15, 0.2) is 36.4 Å². The third-order valence-electron chi connectivity index (χ3n) is 3.25. The summed E-state index contributed by atoms with van der Waals surface area (Å²) in [7, 11) is 0. The van der Waals surface area contributed by atoms with Gasteiger partial charge < -0.3 is 5.11 Å². The van der Waals surface area contributed by atoms with Crippen molar-refractivity contribution >= 4 is 22.9 Å². The van der Waals surface area contributed by atoms with Crippen LogP contribution >= 0.6 is 22.9 Å². The lowest BCUT2D eigenvalue weighted by Crippen LogP contribution is -2.12. The van der Waals surface area contributed by atoms with Crippen LogP contribution in [0.25, 0.3) is 0 Å². The largest absolute Gasteiger partial charge is 0.396 e. The Labute approximate surface area is 123 Å². The highest BCUT2D eigenvalue weighted by Gasteiger charge is 2.11. The zero-order valence-corrected chi connectivity index (χ0v) is 12.7. The van der Waals surface area contributed by atoms with E-state index in [0.717, 1.165) is 24.3 Å². The van der Waals surface area contributed by atoms with E-state index < -0.39 is 0 Å². The van der Waals surface area contributed by atoms with Crippen molar-refractivity contribution in [3.8, 4) is 0 Å². The van der Waals surface area contributed by atoms with Crippen LogP contribution in [0, 0.1) is 5.92 Å². The molecule has 0 saturated heterocycles. The highest BCUT2D eigenvalue weighted by molar-refractivity contribution is 7.11. The van der Waals surface area contributed by atoms with Gasteiger partial charge in [-0.1, -0.05) is 30.7 Å². The second-order valence-corrected chi connectivity index (χ2v) is 6.49. The summed E-state index contributed by atoms with van der Waals surface area (Å²) in [5.74, 6) is 0.282. The van der Waals surface area contributed by atoms with Gasteiger partial charge in [-0.15, -0.1) is 11.3 Å². The minimum Gasteiger partial charge on any atom is -0.396 e. The van der Waals surface area contributed by atoms with Gasteiger partial charge in [0.2, 0.25) is 0 Å². The Balaban J connectivity index is 1.98. The standard InChI is InChI=1S/C16H19ClOS/c1-2-15-7-8-16(19-15)10-13(11-18)9-12-3-5-14(17)6-4-12/h3-8,13,18H,2,9-11H2,1H3. The maximum absolute atomic E-state index is 9.55. The third kappa shape index (κ3) is 4.34. The van der Waals surface area contributed by atoms with Crippen molar-refractivity contribution in [2.75, 3.05) is 6.61 Å². The van der Waals surface area contributed by atoms with Gasteiger partial charge in [-0.2, -0.15) is 0 Å². The molecule has 1 aromatic heterocycles. The Morgan fingerprint density at radius 3 is 2.32 bits per heavy atom. The van der Waals surface area contributed by atoms with Gasteiger partial charge in [0.1, 0.15) is 0 Å². The summed E-state index contributed by atoms with van der Waals surface area (Å²) in [5.41, 5.74) is 1.23. The fourth-order valence-electron chi connectivity index (χ4n) is 2.16. The summed E-state index contributed by atoms with van der Waals surface area (Å²) >= 11 is 7.74. The first-order chi connectivity index (χ1) is 9.21. The van der Waals surface area contributed by atoms with E-state index in [4.69, 9.17) is 11.6 Å². The molecule has 2 rings (SSSR count). The number of hydrogen-bond acceptors (Lipinski definition) is 2. The Morgan fingerprint density at radius 2 is 1.74 bits per heavy atom. The summed E-state index contributed by atoms with van der Waals surface area (Å²) < 4.78 is 0. The fraction of sp³-hybridized carbons (Fsp3) is 0.375. The van der Waals surface area contributed by atoms with Gasteiger partial charge in [0.15, 0.2) is 0 Å². The third-order valence-corrected chi connectivity index (χ3v) is 4.76. The SMILES string of the molecule is CCc1ccc(CC(CO)Cc2ccc(Cl)cc2)s1. The molecule has 1 aromatic carbocycles. The maximum atomic E-state index is 9.55. The molecule has 1 heterocycles. The topological polar surface area (TPSA) is 20.2 Å². The molecule has 0 saturated carbocycles. The fourth-order valence-corrected chi connectivity index (χ4v) is 3.36. The molecular weight excluding hydrogens is 276 g/mol. The molecule has 1 N–H and O–H groups in total. The Bertz CT molecular complexity index is 504. The summed E-state index contributed by atoms with van der Waals surface area (Å²) in [5, 5.41) is 10.3. The van der Waals surface area contributed by atoms with E-state index in [1.165, 1.54) is 15.3 Å². The smallest absolute Gasteiger partial charge is 0.0465 e. The molecule has 0 aliphatic rings. The highest BCUT2D eigenvalue weighted by Crippen LogP contribution is 2.22. The second-order valence-electron chi connectivity index (χ2n) is 4.80. The average Bonchev–Trinajstić information content (AvgIpc) is 2.88. The monoisotopic (exact) mass is 294 g/mol. The predicted molar refractivity (Wildman–Crippen MR) is 83.1 cm³/mol. The molecule has 0 aliphatic heterocycles. The molecule has 2 aromatic rings. The summed E-state index contributed by atoms with van der Waals surface area (Å²) in [6.45, 7) is 2.40. The Morgan fingerprint density at radius 1 is 1.05 bits per heavy atom. The van der Waals surface area contributed by atoms with E-state index in [2.05, 4.69) is 19.1 Å². The van der Waals surface area contributed by atoms with Crippen LogP contribution in [0.2, 0.25) is 5.02 Å². The maximum Gasteiger partial charge on any atom is 0.0465 e. The Kier molecular flexibility index (Phi) is 5.44. The van der Waals surface area contributed by atoms with E-state index in [1.807, 2.05) is 35.6 Å². The average molecular weight is 295 g/mol. The lowest BCUT2D eigenvalue weighted by atomic mass is 9.96. The molecule has 0 aliphatic carbocycles. The van der Waals surface area contributed by atoms with Gasteiger partial charge in [0.25, 0.3) is 0 Å². The minimum absolute atomic E-state index is 0.224. The van der Waals surface area contributed by atoms with E-state index in [-0.39, 0.29) is 12.5 Å². The van der Waals surface area contributed by atoms with Gasteiger partial charge in [-0.25, -0.2) is 0 Å². The first-order valence-corrected chi connectivity index (χ1v) is 7.83. The molecule has 0 amide bonds. The van der Waals surface area contributed by atoms with Crippen molar-refractivity contribution in [1.82, 2.24) is 0 Å². The van der Waals surface area contributed by atoms with Crippen LogP contribution in [-0.2, 0) is 19.3 Å². The number of aryl methyl sites for hydroxylation is 1. The van der Waals surface area contributed by atoms with Crippen LogP contribution in [0.3, 0.4) is 0 Å². The molecule has 1 nitrogen and oxygen atoms in total. The number of halogens is 1. The molecule has 1 unspecified atom stereocenters. The number of hydrogen-bond donors (Lipinski definition) is 1. The molecule has 19 heavy (non-hydrogen) atoms. The normalized spacial score (nSPS) is 12.6. The molecule has 0 radical (unpaired) electrons. The van der Waals surface area contributed by atoms with Crippen molar-refractivity contribution in [1.29, 1.82) is 0 Å². The number of thiophene rings is 1. The first kappa shape index (κ1) is 14.6. The molecule has 0 spiro atoms. The lowest BCUT2D eigenvalue weighted by Gasteiger charge is -2.13. The van der Waals surface area contributed by atoms with Gasteiger partial charge in [-0.3, -0.25) is 0 Å². The zero-order valence-electron chi connectivity index (χ0n) is 11.1. The molecule has 3 heteroatoms. The van der Waals surface area contributed by atoms with E-state index in [1.54, 1.807) is 0 Å². The van der Waals surface area contributed by atoms with Crippen LogP contribution < -0.4 is 0 Å². The van der Waals surface area contributed by atoms with Crippen molar-refractivity contribution < 1.29 is 5.11 Å². The number of aliphatic hydroxyl groups is 1. The van der Waals surface area contributed by atoms with E-state index in [0.29, 0.717) is 0 Å². The van der Waals surface area contributed by atoms with E-state index in [9.17, 15) is 5.11 Å². The zero-order chi connectivity index (χ0) is 13.7. The van der Waals surface area contributed by atoms with Crippen LogP contribution in [0.5, 0.6) is 0 Å². The molecule has 0 fully saturated rings. The quantitative estimate of drug-likeness (QED) is 0.839. The molecule has 0 bridgehead atoms. The van der Waals surface area contributed by atoms with Gasteiger partial charge in [0.05, 0.1) is 0 Å². The highest BCUT2D eigenvalue weighted by atomic mass is 35.5.